The lowest BCUT2D eigenvalue weighted by atomic mass is 9.46. The minimum absolute atomic E-state index is 0.203. The molecule has 0 aromatic carbocycles. The van der Waals surface area contributed by atoms with Gasteiger partial charge in [0.2, 0.25) is 5.91 Å². The summed E-state index contributed by atoms with van der Waals surface area (Å²) in [5.74, 6) is 2.03. The largest absolute Gasteiger partial charge is 0.359 e. The Balaban J connectivity index is 1.99. The number of hydrogen-bond donors (Lipinski definition) is 1. The maximum Gasteiger partial charge on any atom is 0.225 e. The van der Waals surface area contributed by atoms with Gasteiger partial charge in [-0.3, -0.25) is 4.79 Å². The van der Waals surface area contributed by atoms with Gasteiger partial charge in [0.25, 0.3) is 0 Å². The van der Waals surface area contributed by atoms with Crippen LogP contribution in [0.5, 0.6) is 0 Å². The predicted octanol–water partition coefficient (Wildman–Crippen LogP) is 4.87. The van der Waals surface area contributed by atoms with Crippen LogP contribution in [-0.2, 0) is 4.79 Å². The van der Waals surface area contributed by atoms with Crippen LogP contribution < -0.4 is 5.32 Å². The van der Waals surface area contributed by atoms with E-state index in [4.69, 9.17) is 0 Å². The van der Waals surface area contributed by atoms with Gasteiger partial charge in [0, 0.05) is 12.5 Å². The van der Waals surface area contributed by atoms with Crippen molar-refractivity contribution < 1.29 is 4.79 Å². The summed E-state index contributed by atoms with van der Waals surface area (Å²) in [6.45, 7) is 9.31. The highest BCUT2D eigenvalue weighted by Crippen LogP contribution is 2.62. The van der Waals surface area contributed by atoms with Crippen LogP contribution in [0.2, 0.25) is 0 Å². The Labute approximate surface area is 141 Å². The van der Waals surface area contributed by atoms with E-state index in [0.717, 1.165) is 12.8 Å². The monoisotopic (exact) mass is 315 g/mol. The molecule has 4 atom stereocenters. The smallest absolute Gasteiger partial charge is 0.225 e. The molecule has 1 amide bonds. The molecule has 0 aliphatic heterocycles. The number of hydrogen-bond acceptors (Lipinski definition) is 1. The van der Waals surface area contributed by atoms with Crippen LogP contribution >= 0.6 is 0 Å². The zero-order valence-electron chi connectivity index (χ0n) is 15.5. The molecule has 1 fully saturated rings. The van der Waals surface area contributed by atoms with E-state index in [1.165, 1.54) is 25.7 Å². The summed E-state index contributed by atoms with van der Waals surface area (Å²) in [5.41, 5.74) is 3.26. The van der Waals surface area contributed by atoms with E-state index in [2.05, 4.69) is 45.2 Å². The fourth-order valence-electron chi connectivity index (χ4n) is 5.90. The van der Waals surface area contributed by atoms with E-state index in [1.807, 2.05) is 0 Å². The van der Waals surface area contributed by atoms with Gasteiger partial charge in [-0.25, -0.2) is 0 Å². The quantitative estimate of drug-likeness (QED) is 0.774. The molecule has 0 spiro atoms. The Bertz CT molecular complexity index is 558. The molecule has 0 aromatic rings. The van der Waals surface area contributed by atoms with Crippen LogP contribution in [0.1, 0.15) is 66.2 Å². The van der Waals surface area contributed by atoms with Crippen molar-refractivity contribution in [1.29, 1.82) is 0 Å². The number of nitrogens with one attached hydrogen (secondary N) is 1. The maximum atomic E-state index is 12.6. The minimum atomic E-state index is -0.203. The number of rotatable bonds is 2. The van der Waals surface area contributed by atoms with Crippen LogP contribution in [0.15, 0.2) is 23.3 Å². The zero-order chi connectivity index (χ0) is 16.8. The van der Waals surface area contributed by atoms with E-state index in [0.29, 0.717) is 17.8 Å². The SMILES string of the molecule is CNC(=O)[C@@]1(C)CCC[C@@]2(C)C1CC=C1C=C(C(C)C)CC[C@H]12. The summed E-state index contributed by atoms with van der Waals surface area (Å²) in [5, 5.41) is 2.95. The van der Waals surface area contributed by atoms with Gasteiger partial charge in [0.05, 0.1) is 0 Å². The first-order chi connectivity index (χ1) is 10.8. The first kappa shape index (κ1) is 16.8. The number of allylic oxidation sites excluding steroid dienone is 4. The summed E-state index contributed by atoms with van der Waals surface area (Å²) in [6.07, 6.45) is 12.0. The van der Waals surface area contributed by atoms with Gasteiger partial charge < -0.3 is 5.32 Å². The second-order valence-corrected chi connectivity index (χ2v) is 8.81. The third-order valence-electron chi connectivity index (χ3n) is 7.33. The highest BCUT2D eigenvalue weighted by Gasteiger charge is 2.56. The Morgan fingerprint density at radius 2 is 2.04 bits per heavy atom. The third-order valence-corrected chi connectivity index (χ3v) is 7.33. The van der Waals surface area contributed by atoms with Crippen molar-refractivity contribution >= 4 is 5.91 Å². The van der Waals surface area contributed by atoms with Gasteiger partial charge in [0.15, 0.2) is 0 Å². The first-order valence-corrected chi connectivity index (χ1v) is 9.45. The van der Waals surface area contributed by atoms with Crippen molar-refractivity contribution in [3.8, 4) is 0 Å². The molecule has 2 heteroatoms. The van der Waals surface area contributed by atoms with Crippen molar-refractivity contribution in [3.63, 3.8) is 0 Å². The van der Waals surface area contributed by atoms with Crippen LogP contribution in [-0.4, -0.2) is 13.0 Å². The number of carbonyl (C=O) groups excluding carboxylic acids is 1. The lowest BCUT2D eigenvalue weighted by Crippen LogP contribution is -2.55. The maximum absolute atomic E-state index is 12.6. The van der Waals surface area contributed by atoms with Gasteiger partial charge in [-0.15, -0.1) is 0 Å². The normalized spacial score (nSPS) is 39.9. The molecule has 23 heavy (non-hydrogen) atoms. The van der Waals surface area contributed by atoms with Crippen molar-refractivity contribution in [2.45, 2.75) is 66.2 Å². The molecule has 128 valence electrons. The standard InChI is InChI=1S/C21H33NO/c1-14(2)15-7-9-17-16(13-15)8-10-18-20(17,3)11-6-12-21(18,4)19(23)22-5/h8,13-14,17-18H,6-7,9-12H2,1-5H3,(H,22,23)/t17-,18?,20-,21+/m1/s1. The van der Waals surface area contributed by atoms with Crippen LogP contribution in [0.25, 0.3) is 0 Å². The molecule has 1 saturated carbocycles. The molecule has 3 aliphatic rings. The van der Waals surface area contributed by atoms with Gasteiger partial charge in [-0.1, -0.05) is 51.8 Å². The molecule has 0 bridgehead atoms. The zero-order valence-corrected chi connectivity index (χ0v) is 15.5. The molecule has 0 aromatic heterocycles. The minimum Gasteiger partial charge on any atom is -0.359 e. The van der Waals surface area contributed by atoms with Gasteiger partial charge in [0.1, 0.15) is 0 Å². The lowest BCUT2D eigenvalue weighted by Gasteiger charge is -2.57. The van der Waals surface area contributed by atoms with E-state index in [-0.39, 0.29) is 16.7 Å². The van der Waals surface area contributed by atoms with Crippen molar-refractivity contribution in [2.75, 3.05) is 7.05 Å². The fourth-order valence-corrected chi connectivity index (χ4v) is 5.90. The van der Waals surface area contributed by atoms with Crippen molar-refractivity contribution in [2.24, 2.45) is 28.6 Å². The number of fused-ring (bicyclic) bond motifs is 3. The summed E-state index contributed by atoms with van der Waals surface area (Å²) in [7, 11) is 1.79. The third kappa shape index (κ3) is 2.49. The van der Waals surface area contributed by atoms with E-state index >= 15 is 0 Å². The van der Waals surface area contributed by atoms with Crippen LogP contribution in [0, 0.1) is 28.6 Å². The van der Waals surface area contributed by atoms with Crippen LogP contribution in [0.3, 0.4) is 0 Å². The number of carbonyl (C=O) groups is 1. The molecule has 0 heterocycles. The molecule has 1 unspecified atom stereocenters. The average molecular weight is 316 g/mol. The Hall–Kier alpha value is -1.05. The Morgan fingerprint density at radius 3 is 2.70 bits per heavy atom. The summed E-state index contributed by atoms with van der Waals surface area (Å²) in [4.78, 5) is 12.6. The van der Waals surface area contributed by atoms with Crippen molar-refractivity contribution in [1.82, 2.24) is 5.32 Å². The highest BCUT2D eigenvalue weighted by molar-refractivity contribution is 5.82. The average Bonchev–Trinajstić information content (AvgIpc) is 2.53. The fraction of sp³-hybridized carbons (Fsp3) is 0.762. The summed E-state index contributed by atoms with van der Waals surface area (Å²) < 4.78 is 0. The molecule has 3 aliphatic carbocycles. The van der Waals surface area contributed by atoms with Crippen molar-refractivity contribution in [3.05, 3.63) is 23.3 Å². The Morgan fingerprint density at radius 1 is 1.30 bits per heavy atom. The predicted molar refractivity (Wildman–Crippen MR) is 96.0 cm³/mol. The molecule has 3 rings (SSSR count). The second-order valence-electron chi connectivity index (χ2n) is 8.81. The van der Waals surface area contributed by atoms with Gasteiger partial charge in [-0.2, -0.15) is 0 Å². The summed E-state index contributed by atoms with van der Waals surface area (Å²) >= 11 is 0. The lowest BCUT2D eigenvalue weighted by molar-refractivity contribution is -0.143. The molecule has 0 radical (unpaired) electrons. The topological polar surface area (TPSA) is 29.1 Å². The number of amides is 1. The molecule has 2 nitrogen and oxygen atoms in total. The van der Waals surface area contributed by atoms with E-state index in [1.54, 1.807) is 18.2 Å². The van der Waals surface area contributed by atoms with Gasteiger partial charge in [-0.05, 0) is 60.8 Å². The second kappa shape index (κ2) is 5.79. The molecular formula is C21H33NO. The molecule has 1 N–H and O–H groups in total. The first-order valence-electron chi connectivity index (χ1n) is 9.45. The van der Waals surface area contributed by atoms with Crippen LogP contribution in [0.4, 0.5) is 0 Å². The molecular weight excluding hydrogens is 282 g/mol. The Kier molecular flexibility index (Phi) is 4.23. The van der Waals surface area contributed by atoms with Gasteiger partial charge >= 0.3 is 0 Å². The van der Waals surface area contributed by atoms with E-state index < -0.39 is 0 Å². The summed E-state index contributed by atoms with van der Waals surface area (Å²) in [6, 6.07) is 0. The highest BCUT2D eigenvalue weighted by atomic mass is 16.2. The molecule has 0 saturated heterocycles. The van der Waals surface area contributed by atoms with E-state index in [9.17, 15) is 4.79 Å².